The van der Waals surface area contributed by atoms with Crippen molar-refractivity contribution in [2.75, 3.05) is 18.6 Å². The largest absolute Gasteiger partial charge is 0.391 e. The fraction of sp³-hybridized carbons (Fsp3) is 0.440. The molecule has 31 heavy (non-hydrogen) atoms. The third-order valence-electron chi connectivity index (χ3n) is 6.58. The molecule has 2 unspecified atom stereocenters. The minimum atomic E-state index is -0.300. The lowest BCUT2D eigenvalue weighted by Gasteiger charge is -2.21. The Hall–Kier alpha value is -2.33. The smallest absolute Gasteiger partial charge is 0.178 e. The van der Waals surface area contributed by atoms with Crippen molar-refractivity contribution in [1.29, 1.82) is 5.26 Å². The number of aliphatic hydroxyl groups excluding tert-OH is 1. The number of ketones is 1. The lowest BCUT2D eigenvalue weighted by Crippen LogP contribution is -2.36. The van der Waals surface area contributed by atoms with Crippen LogP contribution >= 0.6 is 11.8 Å². The van der Waals surface area contributed by atoms with Crippen molar-refractivity contribution >= 4 is 23.6 Å². The Morgan fingerprint density at radius 2 is 2.10 bits per heavy atom. The Labute approximate surface area is 188 Å². The van der Waals surface area contributed by atoms with Crippen molar-refractivity contribution in [3.63, 3.8) is 0 Å². The van der Waals surface area contributed by atoms with Crippen LogP contribution in [0.2, 0.25) is 0 Å². The summed E-state index contributed by atoms with van der Waals surface area (Å²) in [5, 5.41) is 19.3. The van der Waals surface area contributed by atoms with Crippen LogP contribution in [0.5, 0.6) is 0 Å². The van der Waals surface area contributed by atoms with Crippen LogP contribution in [0.25, 0.3) is 11.8 Å². The zero-order chi connectivity index (χ0) is 22.0. The van der Waals surface area contributed by atoms with Crippen LogP contribution in [0, 0.1) is 18.3 Å². The molecule has 6 heteroatoms. The van der Waals surface area contributed by atoms with E-state index in [0.29, 0.717) is 18.2 Å². The van der Waals surface area contributed by atoms with Gasteiger partial charge in [-0.25, -0.2) is 0 Å². The van der Waals surface area contributed by atoms with Gasteiger partial charge >= 0.3 is 0 Å². The summed E-state index contributed by atoms with van der Waals surface area (Å²) in [5.74, 6) is 1.16. The van der Waals surface area contributed by atoms with E-state index >= 15 is 0 Å². The number of benzene rings is 1. The van der Waals surface area contributed by atoms with E-state index in [1.54, 1.807) is 12.1 Å². The topological polar surface area (TPSA) is 69.3 Å². The Morgan fingerprint density at radius 1 is 1.32 bits per heavy atom. The van der Waals surface area contributed by atoms with Crippen molar-refractivity contribution in [3.8, 4) is 11.8 Å². The number of hydrogen-bond acceptors (Lipinski definition) is 5. The summed E-state index contributed by atoms with van der Waals surface area (Å²) in [6, 6.07) is 12.1. The quantitative estimate of drug-likeness (QED) is 0.497. The van der Waals surface area contributed by atoms with Gasteiger partial charge in [-0.2, -0.15) is 17.0 Å². The molecule has 3 atom stereocenters. The number of fused-ring (bicyclic) bond motifs is 2. The van der Waals surface area contributed by atoms with Crippen molar-refractivity contribution in [2.24, 2.45) is 0 Å². The number of nitrogens with zero attached hydrogens (tertiary/aromatic N) is 3. The molecular weight excluding hydrogens is 406 g/mol. The van der Waals surface area contributed by atoms with Crippen LogP contribution in [0.3, 0.4) is 0 Å². The normalized spacial score (nSPS) is 23.0. The van der Waals surface area contributed by atoms with Crippen LogP contribution in [-0.4, -0.2) is 57.1 Å². The molecule has 2 saturated heterocycles. The molecule has 0 amide bonds. The number of hydrogen-bond donors (Lipinski definition) is 1. The lowest BCUT2D eigenvalue weighted by molar-refractivity contribution is 0.0873. The molecule has 162 valence electrons. The number of allylic oxidation sites excluding steroid dienone is 1. The molecule has 2 fully saturated rings. The first-order valence-corrected chi connectivity index (χ1v) is 12.3. The summed E-state index contributed by atoms with van der Waals surface area (Å²) in [5.41, 5.74) is 4.17. The minimum absolute atomic E-state index is 0.106. The molecule has 2 aromatic rings. The Bertz CT molecular complexity index is 1020. The first-order valence-electron chi connectivity index (χ1n) is 10.9. The predicted molar refractivity (Wildman–Crippen MR) is 126 cm³/mol. The standard InChI is InChI=1S/C25H29N3O2S/c1-17-22(25(30)16-27-20-10-11-23(27)24(29)14-20)13-21(5-3-4-12-31-2)28(17)19-8-6-18(15-26)7-9-19/h3,5-9,13,20,23-24,29H,4,10-12,14,16H2,1-2H3/b5-3+/t20?,23?,24-/m0/s1. The van der Waals surface area contributed by atoms with Crippen molar-refractivity contribution in [1.82, 2.24) is 9.47 Å². The van der Waals surface area contributed by atoms with Crippen molar-refractivity contribution in [3.05, 3.63) is 58.9 Å². The average Bonchev–Trinajstić information content (AvgIpc) is 3.41. The summed E-state index contributed by atoms with van der Waals surface area (Å²) in [6.45, 7) is 2.35. The Balaban J connectivity index is 1.64. The third kappa shape index (κ3) is 4.36. The van der Waals surface area contributed by atoms with Gasteiger partial charge in [-0.05, 0) is 81.0 Å². The van der Waals surface area contributed by atoms with Gasteiger partial charge in [0.1, 0.15) is 0 Å². The van der Waals surface area contributed by atoms with Gasteiger partial charge < -0.3 is 9.67 Å². The minimum Gasteiger partial charge on any atom is -0.391 e. The second-order valence-corrected chi connectivity index (χ2v) is 9.43. The number of rotatable bonds is 8. The highest BCUT2D eigenvalue weighted by Gasteiger charge is 2.46. The molecule has 1 N–H and O–H groups in total. The second kappa shape index (κ2) is 9.44. The van der Waals surface area contributed by atoms with Gasteiger partial charge in [0, 0.05) is 34.7 Å². The number of thioether (sulfide) groups is 1. The third-order valence-corrected chi connectivity index (χ3v) is 7.23. The highest BCUT2D eigenvalue weighted by molar-refractivity contribution is 7.98. The number of carbonyl (C=O) groups excluding carboxylic acids is 1. The number of aliphatic hydroxyl groups is 1. The van der Waals surface area contributed by atoms with Crippen LogP contribution in [0.15, 0.2) is 36.4 Å². The summed E-state index contributed by atoms with van der Waals surface area (Å²) in [7, 11) is 0. The predicted octanol–water partition coefficient (Wildman–Crippen LogP) is 4.20. The first-order chi connectivity index (χ1) is 15.0. The van der Waals surface area contributed by atoms with E-state index in [1.165, 1.54) is 0 Å². The molecule has 3 heterocycles. The maximum absolute atomic E-state index is 13.3. The number of Topliss-reactive ketones (excluding diaryl/α,β-unsaturated/α-hetero) is 1. The number of nitriles is 1. The number of aromatic nitrogens is 1. The van der Waals surface area contributed by atoms with Crippen molar-refractivity contribution in [2.45, 2.75) is 50.8 Å². The van der Waals surface area contributed by atoms with E-state index in [2.05, 4.69) is 33.9 Å². The maximum Gasteiger partial charge on any atom is 0.178 e. The van der Waals surface area contributed by atoms with E-state index in [4.69, 9.17) is 5.26 Å². The Kier molecular flexibility index (Phi) is 6.66. The van der Waals surface area contributed by atoms with E-state index < -0.39 is 0 Å². The van der Waals surface area contributed by atoms with Gasteiger partial charge in [-0.3, -0.25) is 9.69 Å². The highest BCUT2D eigenvalue weighted by atomic mass is 32.2. The molecule has 0 spiro atoms. The first kappa shape index (κ1) is 21.9. The summed E-state index contributed by atoms with van der Waals surface area (Å²) in [6.07, 6.45) is 9.83. The SMILES string of the molecule is CSCC/C=C/c1cc(C(=O)CN2C3CCC2[C@@H](O)C3)c(C)n1-c1ccc(C#N)cc1. The summed E-state index contributed by atoms with van der Waals surface area (Å²) >= 11 is 1.81. The fourth-order valence-corrected chi connectivity index (χ4v) is 5.39. The molecule has 2 bridgehead atoms. The molecule has 1 aromatic carbocycles. The van der Waals surface area contributed by atoms with Crippen LogP contribution in [-0.2, 0) is 0 Å². The molecule has 5 nitrogen and oxygen atoms in total. The van der Waals surface area contributed by atoms with E-state index in [-0.39, 0.29) is 17.9 Å². The molecule has 0 aliphatic carbocycles. The molecular formula is C25H29N3O2S. The highest BCUT2D eigenvalue weighted by Crippen LogP contribution is 2.37. The van der Waals surface area contributed by atoms with Gasteiger partial charge in [-0.15, -0.1) is 0 Å². The Morgan fingerprint density at radius 3 is 2.71 bits per heavy atom. The molecule has 0 radical (unpaired) electrons. The zero-order valence-electron chi connectivity index (χ0n) is 18.1. The fourth-order valence-electron chi connectivity index (χ4n) is 5.02. The van der Waals surface area contributed by atoms with Gasteiger partial charge in [-0.1, -0.05) is 6.08 Å². The van der Waals surface area contributed by atoms with E-state index in [1.807, 2.05) is 36.9 Å². The molecule has 4 rings (SSSR count). The van der Waals surface area contributed by atoms with Gasteiger partial charge in [0.05, 0.1) is 24.3 Å². The summed E-state index contributed by atoms with van der Waals surface area (Å²) < 4.78 is 2.09. The second-order valence-electron chi connectivity index (χ2n) is 8.44. The van der Waals surface area contributed by atoms with Gasteiger partial charge in [0.15, 0.2) is 5.78 Å². The van der Waals surface area contributed by atoms with Crippen LogP contribution < -0.4 is 0 Å². The van der Waals surface area contributed by atoms with Gasteiger partial charge in [0.25, 0.3) is 0 Å². The van der Waals surface area contributed by atoms with Crippen molar-refractivity contribution < 1.29 is 9.90 Å². The molecule has 2 aliphatic heterocycles. The zero-order valence-corrected chi connectivity index (χ0v) is 18.9. The molecule has 2 aliphatic rings. The van der Waals surface area contributed by atoms with Crippen LogP contribution in [0.4, 0.5) is 0 Å². The van der Waals surface area contributed by atoms with E-state index in [9.17, 15) is 9.90 Å². The molecule has 0 saturated carbocycles. The summed E-state index contributed by atoms with van der Waals surface area (Å²) in [4.78, 5) is 15.5. The maximum atomic E-state index is 13.3. The lowest BCUT2D eigenvalue weighted by atomic mass is 9.98. The van der Waals surface area contributed by atoms with E-state index in [0.717, 1.165) is 54.1 Å². The van der Waals surface area contributed by atoms with Gasteiger partial charge in [0.2, 0.25) is 0 Å². The monoisotopic (exact) mass is 435 g/mol. The average molecular weight is 436 g/mol. The number of carbonyl (C=O) groups is 1. The van der Waals surface area contributed by atoms with Crippen LogP contribution in [0.1, 0.15) is 53.0 Å². The molecule has 1 aromatic heterocycles.